The molecule has 5 aliphatic rings. The predicted octanol–water partition coefficient (Wildman–Crippen LogP) is 3.72. The average molecular weight is 475 g/mol. The summed E-state index contributed by atoms with van der Waals surface area (Å²) in [5.41, 5.74) is -0.731. The maximum atomic E-state index is 12.5. The van der Waals surface area contributed by atoms with Crippen molar-refractivity contribution in [1.29, 1.82) is 0 Å². The molecule has 4 fully saturated rings. The van der Waals surface area contributed by atoms with Crippen LogP contribution in [0.2, 0.25) is 0 Å². The molecule has 7 heteroatoms. The monoisotopic (exact) mass is 474 g/mol. The lowest BCUT2D eigenvalue weighted by molar-refractivity contribution is -0.251. The van der Waals surface area contributed by atoms with Crippen molar-refractivity contribution in [1.82, 2.24) is 0 Å². The first kappa shape index (κ1) is 23.8. The van der Waals surface area contributed by atoms with Crippen molar-refractivity contribution in [2.75, 3.05) is 6.61 Å². The Kier molecular flexibility index (Phi) is 5.66. The molecule has 1 N–H and O–H groups in total. The van der Waals surface area contributed by atoms with E-state index in [0.29, 0.717) is 18.8 Å². The number of carbonyl (C=O) groups excluding carboxylic acids is 3. The molecule has 188 valence electrons. The second-order valence-electron chi connectivity index (χ2n) is 12.0. The fourth-order valence-electron chi connectivity index (χ4n) is 9.04. The Balaban J connectivity index is 1.50. The molecule has 1 aliphatic heterocycles. The molecule has 0 bridgehead atoms. The summed E-state index contributed by atoms with van der Waals surface area (Å²) < 4.78 is 16.8. The van der Waals surface area contributed by atoms with Gasteiger partial charge in [-0.25, -0.2) is 4.79 Å². The molecule has 4 saturated carbocycles. The number of hydrogen-bond donors (Lipinski definition) is 1. The molecule has 4 aliphatic carbocycles. The van der Waals surface area contributed by atoms with Crippen molar-refractivity contribution < 1.29 is 33.7 Å². The van der Waals surface area contributed by atoms with E-state index in [9.17, 15) is 19.5 Å². The summed E-state index contributed by atoms with van der Waals surface area (Å²) in [4.78, 5) is 35.7. The van der Waals surface area contributed by atoms with E-state index in [0.717, 1.165) is 44.1 Å². The van der Waals surface area contributed by atoms with Gasteiger partial charge in [-0.1, -0.05) is 13.8 Å². The second kappa shape index (κ2) is 8.07. The van der Waals surface area contributed by atoms with Crippen LogP contribution in [0.3, 0.4) is 0 Å². The fraction of sp³-hybridized carbons (Fsp3) is 0.815. The van der Waals surface area contributed by atoms with Gasteiger partial charge in [-0.3, -0.25) is 9.59 Å². The topological polar surface area (TPSA) is 99.1 Å². The molecule has 0 amide bonds. The van der Waals surface area contributed by atoms with Gasteiger partial charge in [0.15, 0.2) is 0 Å². The SMILES string of the molecule is CC(=O)O[C@H]1CC[C@@]2(C)[C@H](CC[C@@H]3[C@@H]2C[C@@H](OC(C)=O)[C@]2(C)[C@@H](C4=CC(=O)OC4)CC[C@]32O)C1. The summed E-state index contributed by atoms with van der Waals surface area (Å²) in [7, 11) is 0. The van der Waals surface area contributed by atoms with E-state index >= 15 is 0 Å². The predicted molar refractivity (Wildman–Crippen MR) is 122 cm³/mol. The molecule has 0 aromatic rings. The molecule has 0 unspecified atom stereocenters. The van der Waals surface area contributed by atoms with Gasteiger partial charge in [-0.15, -0.1) is 0 Å². The van der Waals surface area contributed by atoms with Gasteiger partial charge in [0.05, 0.1) is 5.60 Å². The van der Waals surface area contributed by atoms with Gasteiger partial charge in [-0.2, -0.15) is 0 Å². The van der Waals surface area contributed by atoms with E-state index in [1.165, 1.54) is 13.8 Å². The number of carbonyl (C=O) groups is 3. The van der Waals surface area contributed by atoms with Crippen LogP contribution >= 0.6 is 0 Å². The van der Waals surface area contributed by atoms with Crippen LogP contribution in [0.5, 0.6) is 0 Å². The highest BCUT2D eigenvalue weighted by Crippen LogP contribution is 2.70. The Bertz CT molecular complexity index is 926. The van der Waals surface area contributed by atoms with Crippen molar-refractivity contribution in [3.8, 4) is 0 Å². The second-order valence-corrected chi connectivity index (χ2v) is 12.0. The first-order valence-electron chi connectivity index (χ1n) is 12.9. The molecule has 7 nitrogen and oxygen atoms in total. The number of aliphatic hydroxyl groups is 1. The van der Waals surface area contributed by atoms with Crippen LogP contribution in [0.25, 0.3) is 0 Å². The largest absolute Gasteiger partial charge is 0.463 e. The molecular formula is C27H38O7. The Morgan fingerprint density at radius 3 is 2.38 bits per heavy atom. The van der Waals surface area contributed by atoms with E-state index < -0.39 is 17.1 Å². The quantitative estimate of drug-likeness (QED) is 0.492. The van der Waals surface area contributed by atoms with E-state index in [4.69, 9.17) is 14.2 Å². The Morgan fingerprint density at radius 2 is 1.74 bits per heavy atom. The zero-order valence-corrected chi connectivity index (χ0v) is 20.8. The lowest BCUT2D eigenvalue weighted by Crippen LogP contribution is -2.67. The molecule has 34 heavy (non-hydrogen) atoms. The van der Waals surface area contributed by atoms with Gasteiger partial charge in [0.1, 0.15) is 18.8 Å². The van der Waals surface area contributed by atoms with Crippen molar-refractivity contribution in [2.45, 2.75) is 96.9 Å². The smallest absolute Gasteiger partial charge is 0.331 e. The molecule has 0 radical (unpaired) electrons. The zero-order chi connectivity index (χ0) is 24.5. The van der Waals surface area contributed by atoms with Gasteiger partial charge >= 0.3 is 17.9 Å². The first-order valence-corrected chi connectivity index (χ1v) is 12.9. The van der Waals surface area contributed by atoms with Crippen LogP contribution in [0, 0.1) is 34.5 Å². The summed E-state index contributed by atoms with van der Waals surface area (Å²) >= 11 is 0. The maximum absolute atomic E-state index is 12.5. The maximum Gasteiger partial charge on any atom is 0.331 e. The number of ether oxygens (including phenoxy) is 3. The lowest BCUT2D eigenvalue weighted by Gasteiger charge is -2.65. The number of fused-ring (bicyclic) bond motifs is 5. The molecule has 0 spiro atoms. The van der Waals surface area contributed by atoms with Gasteiger partial charge in [0.2, 0.25) is 0 Å². The molecule has 9 atom stereocenters. The third kappa shape index (κ3) is 3.36. The van der Waals surface area contributed by atoms with Crippen LogP contribution in [-0.4, -0.2) is 47.4 Å². The molecule has 5 rings (SSSR count). The highest BCUT2D eigenvalue weighted by atomic mass is 16.6. The Hall–Kier alpha value is -1.89. The third-order valence-electron chi connectivity index (χ3n) is 10.6. The van der Waals surface area contributed by atoms with Crippen LogP contribution in [0.15, 0.2) is 11.6 Å². The summed E-state index contributed by atoms with van der Waals surface area (Å²) in [6.07, 6.45) is 7.77. The summed E-state index contributed by atoms with van der Waals surface area (Å²) in [5.74, 6) is -0.190. The highest BCUT2D eigenvalue weighted by molar-refractivity contribution is 5.85. The third-order valence-corrected chi connectivity index (χ3v) is 10.6. The Labute approximate surface area is 201 Å². The van der Waals surface area contributed by atoms with Crippen LogP contribution in [0.1, 0.15) is 79.1 Å². The van der Waals surface area contributed by atoms with Crippen molar-refractivity contribution in [2.24, 2.45) is 34.5 Å². The van der Waals surface area contributed by atoms with Crippen LogP contribution in [-0.2, 0) is 28.6 Å². The number of rotatable bonds is 3. The minimum absolute atomic E-state index is 0.00118. The minimum atomic E-state index is -0.978. The van der Waals surface area contributed by atoms with Gasteiger partial charge < -0.3 is 19.3 Å². The average Bonchev–Trinajstić information content (AvgIpc) is 3.29. The lowest BCUT2D eigenvalue weighted by atomic mass is 9.42. The standard InChI is InChI=1S/C27H38O7/c1-15(28)33-19-7-9-25(3)18(12-19)5-6-21-22(25)13-23(34-16(2)29)26(4)20(8-10-27(21,26)31)17-11-24(30)32-14-17/h11,18-23,31H,5-10,12-14H2,1-4H3/t18-,19+,20-,21-,22+,23-,25+,26+,27+/m1/s1. The van der Waals surface area contributed by atoms with E-state index in [1.54, 1.807) is 6.08 Å². The van der Waals surface area contributed by atoms with Crippen LogP contribution < -0.4 is 0 Å². The molecule has 1 heterocycles. The number of hydrogen-bond acceptors (Lipinski definition) is 7. The summed E-state index contributed by atoms with van der Waals surface area (Å²) in [6.45, 7) is 7.59. The van der Waals surface area contributed by atoms with E-state index in [-0.39, 0.29) is 53.8 Å². The normalized spacial score (nSPS) is 47.6. The first-order chi connectivity index (χ1) is 16.0. The highest BCUT2D eigenvalue weighted by Gasteiger charge is 2.72. The summed E-state index contributed by atoms with van der Waals surface area (Å²) in [5, 5.41) is 12.5. The minimum Gasteiger partial charge on any atom is -0.463 e. The van der Waals surface area contributed by atoms with Crippen molar-refractivity contribution in [3.05, 3.63) is 11.6 Å². The number of esters is 3. The van der Waals surface area contributed by atoms with Crippen molar-refractivity contribution >= 4 is 17.9 Å². The number of cyclic esters (lactones) is 1. The molecule has 0 aromatic carbocycles. The summed E-state index contributed by atoms with van der Waals surface area (Å²) in [6, 6.07) is 0. The molecule has 0 saturated heterocycles. The van der Waals surface area contributed by atoms with E-state index in [2.05, 4.69) is 13.8 Å². The fourth-order valence-corrected chi connectivity index (χ4v) is 9.04. The van der Waals surface area contributed by atoms with Gasteiger partial charge in [0.25, 0.3) is 0 Å². The Morgan fingerprint density at radius 1 is 1.00 bits per heavy atom. The van der Waals surface area contributed by atoms with Crippen LogP contribution in [0.4, 0.5) is 0 Å². The zero-order valence-electron chi connectivity index (χ0n) is 20.8. The van der Waals surface area contributed by atoms with Crippen molar-refractivity contribution in [3.63, 3.8) is 0 Å². The molecular weight excluding hydrogens is 436 g/mol. The van der Waals surface area contributed by atoms with E-state index in [1.807, 2.05) is 0 Å². The van der Waals surface area contributed by atoms with Gasteiger partial charge in [0, 0.05) is 25.3 Å². The molecule has 0 aromatic heterocycles. The van der Waals surface area contributed by atoms with Gasteiger partial charge in [-0.05, 0) is 86.0 Å².